The van der Waals surface area contributed by atoms with Gasteiger partial charge in [-0.15, -0.1) is 0 Å². The molecule has 7 heteroatoms. The van der Waals surface area contributed by atoms with Crippen molar-refractivity contribution in [2.75, 3.05) is 6.54 Å². The molecule has 1 aromatic carbocycles. The van der Waals surface area contributed by atoms with Crippen LogP contribution in [0.4, 0.5) is 0 Å². The fourth-order valence-electron chi connectivity index (χ4n) is 2.90. The Morgan fingerprint density at radius 2 is 2.22 bits per heavy atom. The van der Waals surface area contributed by atoms with Gasteiger partial charge in [0.1, 0.15) is 6.10 Å². The van der Waals surface area contributed by atoms with Crippen LogP contribution in [0.25, 0.3) is 0 Å². The number of hydrogen-bond acceptors (Lipinski definition) is 3. The Labute approximate surface area is 144 Å². The summed E-state index contributed by atoms with van der Waals surface area (Å²) >= 11 is 12.2. The Kier molecular flexibility index (Phi) is 4.62. The van der Waals surface area contributed by atoms with E-state index in [1.165, 1.54) is 0 Å². The lowest BCUT2D eigenvalue weighted by Crippen LogP contribution is -2.43. The van der Waals surface area contributed by atoms with E-state index in [0.717, 1.165) is 16.7 Å². The first-order valence-electron chi connectivity index (χ1n) is 7.35. The molecule has 1 unspecified atom stereocenters. The number of carbonyl (C=O) groups excluding carboxylic acids is 1. The summed E-state index contributed by atoms with van der Waals surface area (Å²) < 4.78 is 1.65. The van der Waals surface area contributed by atoms with E-state index in [1.807, 2.05) is 6.07 Å². The maximum atomic E-state index is 12.5. The molecular formula is C16H17Cl2N3O2. The second kappa shape index (κ2) is 6.51. The maximum Gasteiger partial charge on any atom is 0.252 e. The van der Waals surface area contributed by atoms with Crippen molar-refractivity contribution in [3.63, 3.8) is 0 Å². The maximum absolute atomic E-state index is 12.5. The fourth-order valence-corrected chi connectivity index (χ4v) is 3.53. The third-order valence-electron chi connectivity index (χ3n) is 4.03. The highest BCUT2D eigenvalue weighted by Gasteiger charge is 2.27. The van der Waals surface area contributed by atoms with E-state index in [0.29, 0.717) is 29.6 Å². The Bertz CT molecular complexity index is 745. The van der Waals surface area contributed by atoms with Crippen LogP contribution in [0.15, 0.2) is 24.5 Å². The van der Waals surface area contributed by atoms with Crippen molar-refractivity contribution < 1.29 is 9.90 Å². The predicted octanol–water partition coefficient (Wildman–Crippen LogP) is 2.22. The molecule has 122 valence electrons. The van der Waals surface area contributed by atoms with Crippen LogP contribution in [-0.2, 0) is 31.2 Å². The molecule has 1 N–H and O–H groups in total. The lowest BCUT2D eigenvalue weighted by molar-refractivity contribution is -0.141. The lowest BCUT2D eigenvalue weighted by Gasteiger charge is -2.31. The molecule has 0 radical (unpaired) electrons. The number of carbonyl (C=O) groups is 1. The van der Waals surface area contributed by atoms with Crippen LogP contribution >= 0.6 is 23.2 Å². The molecule has 23 heavy (non-hydrogen) atoms. The topological polar surface area (TPSA) is 58.4 Å². The van der Waals surface area contributed by atoms with Crippen molar-refractivity contribution >= 4 is 29.1 Å². The van der Waals surface area contributed by atoms with E-state index in [9.17, 15) is 9.90 Å². The van der Waals surface area contributed by atoms with Crippen molar-refractivity contribution in [3.05, 3.63) is 51.3 Å². The van der Waals surface area contributed by atoms with E-state index in [1.54, 1.807) is 35.1 Å². The largest absolute Gasteiger partial charge is 0.383 e. The van der Waals surface area contributed by atoms with Gasteiger partial charge in [-0.2, -0.15) is 5.10 Å². The zero-order valence-corrected chi connectivity index (χ0v) is 14.2. The lowest BCUT2D eigenvalue weighted by atomic mass is 9.99. The molecule has 1 aromatic heterocycles. The molecule has 1 aliphatic rings. The summed E-state index contributed by atoms with van der Waals surface area (Å²) in [7, 11) is 1.80. The molecule has 3 rings (SSSR count). The van der Waals surface area contributed by atoms with Crippen molar-refractivity contribution in [3.8, 4) is 0 Å². The van der Waals surface area contributed by atoms with Gasteiger partial charge in [0.15, 0.2) is 0 Å². The van der Waals surface area contributed by atoms with Gasteiger partial charge in [0, 0.05) is 42.8 Å². The van der Waals surface area contributed by atoms with Gasteiger partial charge in [-0.3, -0.25) is 9.48 Å². The van der Waals surface area contributed by atoms with Gasteiger partial charge >= 0.3 is 0 Å². The molecule has 0 bridgehead atoms. The summed E-state index contributed by atoms with van der Waals surface area (Å²) in [5, 5.41) is 15.4. The highest BCUT2D eigenvalue weighted by molar-refractivity contribution is 6.35. The summed E-state index contributed by atoms with van der Waals surface area (Å²) in [6.45, 7) is 0.954. The highest BCUT2D eigenvalue weighted by atomic mass is 35.5. The number of aryl methyl sites for hydroxylation is 1. The quantitative estimate of drug-likeness (QED) is 0.920. The number of hydrogen-bond donors (Lipinski definition) is 1. The third-order valence-corrected chi connectivity index (χ3v) is 4.59. The van der Waals surface area contributed by atoms with Crippen LogP contribution in [0.1, 0.15) is 16.7 Å². The molecule has 2 heterocycles. The monoisotopic (exact) mass is 353 g/mol. The summed E-state index contributed by atoms with van der Waals surface area (Å²) in [5.41, 5.74) is 2.80. The summed E-state index contributed by atoms with van der Waals surface area (Å²) in [6.07, 6.45) is 3.29. The van der Waals surface area contributed by atoms with Crippen LogP contribution in [0.2, 0.25) is 10.0 Å². The number of fused-ring (bicyclic) bond motifs is 1. The first-order chi connectivity index (χ1) is 10.9. The number of benzene rings is 1. The van der Waals surface area contributed by atoms with Crippen molar-refractivity contribution in [2.45, 2.75) is 25.5 Å². The van der Waals surface area contributed by atoms with E-state index >= 15 is 0 Å². The second-order valence-corrected chi connectivity index (χ2v) is 6.62. The smallest absolute Gasteiger partial charge is 0.252 e. The standard InChI is InChI=1S/C16H17Cl2N3O2/c1-20-8-10(7-19-20)4-15(22)16(23)21-3-2-13-11(9-21)5-12(17)6-14(13)18/h5-8,15,22H,2-4,9H2,1H3. The Morgan fingerprint density at radius 1 is 1.43 bits per heavy atom. The second-order valence-electron chi connectivity index (χ2n) is 5.78. The zero-order chi connectivity index (χ0) is 16.6. The molecule has 0 saturated carbocycles. The number of aromatic nitrogens is 2. The molecule has 2 aromatic rings. The Morgan fingerprint density at radius 3 is 2.91 bits per heavy atom. The van der Waals surface area contributed by atoms with Crippen LogP contribution in [-0.4, -0.2) is 38.3 Å². The minimum atomic E-state index is -1.07. The number of amides is 1. The average molecular weight is 354 g/mol. The third kappa shape index (κ3) is 3.52. The molecular weight excluding hydrogens is 337 g/mol. The van der Waals surface area contributed by atoms with Crippen molar-refractivity contribution in [1.29, 1.82) is 0 Å². The highest BCUT2D eigenvalue weighted by Crippen LogP contribution is 2.30. The number of rotatable bonds is 3. The predicted molar refractivity (Wildman–Crippen MR) is 88.5 cm³/mol. The first kappa shape index (κ1) is 16.3. The molecule has 1 atom stereocenters. The minimum Gasteiger partial charge on any atom is -0.383 e. The summed E-state index contributed by atoms with van der Waals surface area (Å²) in [6, 6.07) is 3.55. The SMILES string of the molecule is Cn1cc(CC(O)C(=O)N2CCc3c(Cl)cc(Cl)cc3C2)cn1. The average Bonchev–Trinajstić information content (AvgIpc) is 2.90. The Hall–Kier alpha value is -1.56. The van der Waals surface area contributed by atoms with E-state index in [2.05, 4.69) is 5.10 Å². The number of aliphatic hydroxyl groups is 1. The van der Waals surface area contributed by atoms with Gasteiger partial charge in [0.25, 0.3) is 5.91 Å². The molecule has 0 aliphatic carbocycles. The normalized spacial score (nSPS) is 15.4. The molecule has 0 spiro atoms. The van der Waals surface area contributed by atoms with Crippen LogP contribution in [0, 0.1) is 0 Å². The molecule has 5 nitrogen and oxygen atoms in total. The van der Waals surface area contributed by atoms with E-state index in [4.69, 9.17) is 23.2 Å². The number of nitrogens with zero attached hydrogens (tertiary/aromatic N) is 3. The van der Waals surface area contributed by atoms with Crippen LogP contribution < -0.4 is 0 Å². The Balaban J connectivity index is 1.71. The zero-order valence-electron chi connectivity index (χ0n) is 12.7. The summed E-state index contributed by atoms with van der Waals surface area (Å²) in [5.74, 6) is -0.282. The van der Waals surface area contributed by atoms with Gasteiger partial charge in [0.2, 0.25) is 0 Å². The van der Waals surface area contributed by atoms with Crippen molar-refractivity contribution in [2.24, 2.45) is 7.05 Å². The van der Waals surface area contributed by atoms with Crippen LogP contribution in [0.3, 0.4) is 0 Å². The molecule has 0 saturated heterocycles. The van der Waals surface area contributed by atoms with E-state index in [-0.39, 0.29) is 12.3 Å². The molecule has 1 amide bonds. The van der Waals surface area contributed by atoms with Gasteiger partial charge < -0.3 is 10.0 Å². The number of halogens is 2. The van der Waals surface area contributed by atoms with Gasteiger partial charge in [-0.05, 0) is 35.2 Å². The molecule has 0 fully saturated rings. The van der Waals surface area contributed by atoms with Gasteiger partial charge in [-0.1, -0.05) is 23.2 Å². The van der Waals surface area contributed by atoms with Crippen LogP contribution in [0.5, 0.6) is 0 Å². The summed E-state index contributed by atoms with van der Waals surface area (Å²) in [4.78, 5) is 14.1. The fraction of sp³-hybridized carbons (Fsp3) is 0.375. The molecule has 1 aliphatic heterocycles. The first-order valence-corrected chi connectivity index (χ1v) is 8.11. The van der Waals surface area contributed by atoms with Crippen molar-refractivity contribution in [1.82, 2.24) is 14.7 Å². The van der Waals surface area contributed by atoms with Gasteiger partial charge in [0.05, 0.1) is 6.20 Å². The van der Waals surface area contributed by atoms with Gasteiger partial charge in [-0.25, -0.2) is 0 Å². The number of aliphatic hydroxyl groups excluding tert-OH is 1. The minimum absolute atomic E-state index is 0.256. The van der Waals surface area contributed by atoms with E-state index < -0.39 is 6.10 Å².